The standard InChI is InChI=1S/C26H28N2O3/c1-28-23(29)26(27-24(28)30)22-14-21(31-16-17-6-7-17)9-8-20(22)15-25(26)12-10-18-4-2-3-5-19(18)11-13-25/h2-5,8-9,14,17H,6-7,10-13,15-16H2,1H3,(H,27,30). The Morgan fingerprint density at radius 3 is 2.35 bits per heavy atom. The molecule has 31 heavy (non-hydrogen) atoms. The van der Waals surface area contributed by atoms with Crippen molar-refractivity contribution in [3.05, 3.63) is 64.7 Å². The van der Waals surface area contributed by atoms with Crippen molar-refractivity contribution in [3.63, 3.8) is 0 Å². The summed E-state index contributed by atoms with van der Waals surface area (Å²) in [6.45, 7) is 0.729. The number of nitrogens with zero attached hydrogens (tertiary/aromatic N) is 1. The van der Waals surface area contributed by atoms with Crippen LogP contribution in [0.15, 0.2) is 42.5 Å². The van der Waals surface area contributed by atoms with E-state index in [0.29, 0.717) is 5.92 Å². The molecule has 3 aliphatic carbocycles. The fourth-order valence-corrected chi connectivity index (χ4v) is 6.08. The molecule has 1 aliphatic heterocycles. The number of nitrogens with one attached hydrogen (secondary N) is 1. The second kappa shape index (κ2) is 6.59. The van der Waals surface area contributed by atoms with E-state index >= 15 is 0 Å². The highest BCUT2D eigenvalue weighted by molar-refractivity contribution is 6.08. The topological polar surface area (TPSA) is 58.6 Å². The first kappa shape index (κ1) is 18.9. The van der Waals surface area contributed by atoms with Crippen molar-refractivity contribution in [1.82, 2.24) is 10.2 Å². The van der Waals surface area contributed by atoms with Crippen LogP contribution in [0.5, 0.6) is 5.75 Å². The number of carbonyl (C=O) groups excluding carboxylic acids is 2. The van der Waals surface area contributed by atoms with E-state index in [1.165, 1.54) is 28.9 Å². The van der Waals surface area contributed by atoms with Crippen molar-refractivity contribution in [3.8, 4) is 5.75 Å². The van der Waals surface area contributed by atoms with Gasteiger partial charge >= 0.3 is 6.03 Å². The zero-order valence-electron chi connectivity index (χ0n) is 17.9. The number of carbonyl (C=O) groups is 2. The maximum atomic E-state index is 13.8. The van der Waals surface area contributed by atoms with Gasteiger partial charge in [0.25, 0.3) is 5.91 Å². The average Bonchev–Trinajstić information content (AvgIpc) is 3.56. The van der Waals surface area contributed by atoms with E-state index in [1.807, 2.05) is 12.1 Å². The predicted molar refractivity (Wildman–Crippen MR) is 117 cm³/mol. The number of fused-ring (bicyclic) bond motifs is 4. The lowest BCUT2D eigenvalue weighted by Crippen LogP contribution is -2.55. The van der Waals surface area contributed by atoms with Crippen LogP contribution in [0.3, 0.4) is 0 Å². The SMILES string of the molecule is CN1C(=O)NC2(C1=O)c1cc(OCC3CC3)ccc1CC21CCc2ccccc2CC1. The molecule has 0 radical (unpaired) electrons. The molecule has 2 aromatic carbocycles. The van der Waals surface area contributed by atoms with Crippen LogP contribution in [0.2, 0.25) is 0 Å². The lowest BCUT2D eigenvalue weighted by molar-refractivity contribution is -0.135. The third-order valence-corrected chi connectivity index (χ3v) is 8.08. The monoisotopic (exact) mass is 416 g/mol. The van der Waals surface area contributed by atoms with Gasteiger partial charge < -0.3 is 10.1 Å². The molecule has 1 N–H and O–H groups in total. The van der Waals surface area contributed by atoms with Crippen molar-refractivity contribution < 1.29 is 14.3 Å². The van der Waals surface area contributed by atoms with Crippen molar-refractivity contribution in [2.75, 3.05) is 13.7 Å². The van der Waals surface area contributed by atoms with E-state index in [1.54, 1.807) is 7.05 Å². The molecule has 0 aromatic heterocycles. The van der Waals surface area contributed by atoms with Crippen LogP contribution in [-0.2, 0) is 29.6 Å². The predicted octanol–water partition coefficient (Wildman–Crippen LogP) is 3.97. The number of likely N-dealkylation sites (N-methyl/N-ethyl adjacent to an activating group) is 1. The van der Waals surface area contributed by atoms with Gasteiger partial charge in [0.05, 0.1) is 6.61 Å². The van der Waals surface area contributed by atoms with Crippen LogP contribution in [0.1, 0.15) is 47.9 Å². The van der Waals surface area contributed by atoms with Gasteiger partial charge in [-0.25, -0.2) is 4.79 Å². The molecular weight excluding hydrogens is 388 g/mol. The van der Waals surface area contributed by atoms with Gasteiger partial charge in [-0.15, -0.1) is 0 Å². The molecule has 2 aromatic rings. The minimum Gasteiger partial charge on any atom is -0.493 e. The van der Waals surface area contributed by atoms with Crippen LogP contribution in [0.25, 0.3) is 0 Å². The van der Waals surface area contributed by atoms with E-state index in [4.69, 9.17) is 4.74 Å². The van der Waals surface area contributed by atoms with Gasteiger partial charge in [0.2, 0.25) is 0 Å². The van der Waals surface area contributed by atoms with Gasteiger partial charge in [0.15, 0.2) is 5.54 Å². The Morgan fingerprint density at radius 2 is 1.74 bits per heavy atom. The second-order valence-electron chi connectivity index (χ2n) is 9.84. The first-order valence-electron chi connectivity index (χ1n) is 11.5. The minimum atomic E-state index is -1.00. The minimum absolute atomic E-state index is 0.124. The number of hydrogen-bond donors (Lipinski definition) is 1. The molecule has 1 unspecified atom stereocenters. The lowest BCUT2D eigenvalue weighted by atomic mass is 9.65. The Balaban J connectivity index is 1.44. The number of benzene rings is 2. The van der Waals surface area contributed by atoms with Crippen LogP contribution in [-0.4, -0.2) is 30.5 Å². The fraction of sp³-hybridized carbons (Fsp3) is 0.462. The molecule has 1 saturated heterocycles. The van der Waals surface area contributed by atoms with Gasteiger partial charge in [-0.3, -0.25) is 9.69 Å². The Kier molecular flexibility index (Phi) is 4.02. The number of imide groups is 1. The van der Waals surface area contributed by atoms with Crippen molar-refractivity contribution >= 4 is 11.9 Å². The molecule has 4 aliphatic rings. The largest absolute Gasteiger partial charge is 0.493 e. The summed E-state index contributed by atoms with van der Waals surface area (Å²) >= 11 is 0. The third kappa shape index (κ3) is 2.68. The normalized spacial score (nSPS) is 26.0. The maximum absolute atomic E-state index is 13.8. The van der Waals surface area contributed by atoms with E-state index in [0.717, 1.165) is 55.6 Å². The van der Waals surface area contributed by atoms with E-state index < -0.39 is 5.54 Å². The summed E-state index contributed by atoms with van der Waals surface area (Å²) in [5.41, 5.74) is 3.49. The molecule has 0 bridgehead atoms. The molecule has 6 rings (SSSR count). The van der Waals surface area contributed by atoms with Gasteiger partial charge in [-0.2, -0.15) is 0 Å². The van der Waals surface area contributed by atoms with E-state index in [-0.39, 0.29) is 17.4 Å². The molecular formula is C26H28N2O3. The quantitative estimate of drug-likeness (QED) is 0.770. The zero-order valence-corrected chi connectivity index (χ0v) is 17.9. The summed E-state index contributed by atoms with van der Waals surface area (Å²) < 4.78 is 6.06. The first-order valence-corrected chi connectivity index (χ1v) is 11.5. The Labute approximate surface area is 182 Å². The molecule has 5 heteroatoms. The number of ether oxygens (including phenoxy) is 1. The Morgan fingerprint density at radius 1 is 1.03 bits per heavy atom. The third-order valence-electron chi connectivity index (χ3n) is 8.08. The lowest BCUT2D eigenvalue weighted by Gasteiger charge is -2.42. The molecule has 1 saturated carbocycles. The van der Waals surface area contributed by atoms with Gasteiger partial charge in [0.1, 0.15) is 5.75 Å². The van der Waals surface area contributed by atoms with E-state index in [2.05, 4.69) is 35.6 Å². The van der Waals surface area contributed by atoms with Crippen LogP contribution < -0.4 is 10.1 Å². The molecule has 5 nitrogen and oxygen atoms in total. The Bertz CT molecular complexity index is 1060. The molecule has 2 spiro atoms. The summed E-state index contributed by atoms with van der Waals surface area (Å²) in [6, 6.07) is 14.5. The number of aryl methyl sites for hydroxylation is 2. The summed E-state index contributed by atoms with van der Waals surface area (Å²) in [4.78, 5) is 27.8. The fourth-order valence-electron chi connectivity index (χ4n) is 6.08. The summed E-state index contributed by atoms with van der Waals surface area (Å²) in [6.07, 6.45) is 6.86. The number of hydrogen-bond acceptors (Lipinski definition) is 3. The van der Waals surface area contributed by atoms with Crippen molar-refractivity contribution in [1.29, 1.82) is 0 Å². The maximum Gasteiger partial charge on any atom is 0.325 e. The van der Waals surface area contributed by atoms with Gasteiger partial charge in [-0.05, 0) is 85.3 Å². The molecule has 1 heterocycles. The highest BCUT2D eigenvalue weighted by Crippen LogP contribution is 2.59. The van der Waals surface area contributed by atoms with Gasteiger partial charge in [-0.1, -0.05) is 30.3 Å². The number of amides is 3. The average molecular weight is 417 g/mol. The summed E-state index contributed by atoms with van der Waals surface area (Å²) in [5.74, 6) is 1.34. The highest BCUT2D eigenvalue weighted by Gasteiger charge is 2.67. The van der Waals surface area contributed by atoms with E-state index in [9.17, 15) is 9.59 Å². The summed E-state index contributed by atoms with van der Waals surface area (Å²) in [5, 5.41) is 3.19. The van der Waals surface area contributed by atoms with Crippen LogP contribution in [0, 0.1) is 11.3 Å². The van der Waals surface area contributed by atoms with Crippen LogP contribution in [0.4, 0.5) is 4.79 Å². The molecule has 1 atom stereocenters. The van der Waals surface area contributed by atoms with Crippen molar-refractivity contribution in [2.45, 2.75) is 50.5 Å². The zero-order chi connectivity index (χ0) is 21.2. The van der Waals surface area contributed by atoms with Crippen LogP contribution >= 0.6 is 0 Å². The van der Waals surface area contributed by atoms with Crippen molar-refractivity contribution in [2.24, 2.45) is 11.3 Å². The summed E-state index contributed by atoms with van der Waals surface area (Å²) in [7, 11) is 1.59. The number of rotatable bonds is 3. The first-order chi connectivity index (χ1) is 15.0. The molecule has 3 amide bonds. The highest BCUT2D eigenvalue weighted by atomic mass is 16.5. The second-order valence-corrected chi connectivity index (χ2v) is 9.84. The Hall–Kier alpha value is -2.82. The van der Waals surface area contributed by atoms with Gasteiger partial charge in [0, 0.05) is 12.5 Å². The molecule has 2 fully saturated rings. The smallest absolute Gasteiger partial charge is 0.325 e. The molecule has 160 valence electrons. The number of urea groups is 1.